The van der Waals surface area contributed by atoms with Crippen molar-refractivity contribution in [2.75, 3.05) is 7.05 Å². The molecule has 1 fully saturated rings. The Morgan fingerprint density at radius 2 is 1.85 bits per heavy atom. The summed E-state index contributed by atoms with van der Waals surface area (Å²) in [5.41, 5.74) is 1.90. The summed E-state index contributed by atoms with van der Waals surface area (Å²) in [5.74, 6) is 0.516. The van der Waals surface area contributed by atoms with Crippen LogP contribution in [0, 0.1) is 6.92 Å². The molecule has 1 aromatic heterocycles. The lowest BCUT2D eigenvalue weighted by Crippen LogP contribution is -2.61. The van der Waals surface area contributed by atoms with Crippen molar-refractivity contribution in [2.45, 2.75) is 51.1 Å². The SMILES string of the molecule is CNC(=O)C1(NC(=O)NCc2cc(-c3ccc(C)cc3)on2)CCCCC1. The van der Waals surface area contributed by atoms with Crippen LogP contribution in [0.5, 0.6) is 0 Å². The minimum Gasteiger partial charge on any atom is -0.357 e. The lowest BCUT2D eigenvalue weighted by Gasteiger charge is -2.36. The zero-order valence-corrected chi connectivity index (χ0v) is 15.8. The lowest BCUT2D eigenvalue weighted by atomic mass is 9.81. The van der Waals surface area contributed by atoms with Gasteiger partial charge in [0.15, 0.2) is 5.76 Å². The highest BCUT2D eigenvalue weighted by Gasteiger charge is 2.40. The van der Waals surface area contributed by atoms with Crippen LogP contribution in [0.3, 0.4) is 0 Å². The molecule has 0 spiro atoms. The van der Waals surface area contributed by atoms with E-state index in [2.05, 4.69) is 21.1 Å². The summed E-state index contributed by atoms with van der Waals surface area (Å²) in [5, 5.41) is 12.3. The van der Waals surface area contributed by atoms with Crippen molar-refractivity contribution >= 4 is 11.9 Å². The van der Waals surface area contributed by atoms with Gasteiger partial charge >= 0.3 is 6.03 Å². The summed E-state index contributed by atoms with van der Waals surface area (Å²) in [6, 6.07) is 9.38. The molecule has 0 saturated heterocycles. The van der Waals surface area contributed by atoms with Gasteiger partial charge in [-0.3, -0.25) is 4.79 Å². The zero-order valence-electron chi connectivity index (χ0n) is 15.8. The number of nitrogens with zero attached hydrogens (tertiary/aromatic N) is 1. The van der Waals surface area contributed by atoms with E-state index in [0.717, 1.165) is 24.8 Å². The van der Waals surface area contributed by atoms with Crippen LogP contribution in [0.25, 0.3) is 11.3 Å². The number of hydrogen-bond donors (Lipinski definition) is 3. The van der Waals surface area contributed by atoms with Crippen molar-refractivity contribution in [3.8, 4) is 11.3 Å². The van der Waals surface area contributed by atoms with E-state index in [-0.39, 0.29) is 18.5 Å². The highest BCUT2D eigenvalue weighted by atomic mass is 16.5. The first-order valence-electron chi connectivity index (χ1n) is 9.33. The van der Waals surface area contributed by atoms with Gasteiger partial charge in [0, 0.05) is 18.7 Å². The van der Waals surface area contributed by atoms with Crippen LogP contribution >= 0.6 is 0 Å². The van der Waals surface area contributed by atoms with E-state index in [4.69, 9.17) is 4.52 Å². The molecule has 27 heavy (non-hydrogen) atoms. The molecule has 0 unspecified atom stereocenters. The number of aromatic nitrogens is 1. The van der Waals surface area contributed by atoms with E-state index in [0.29, 0.717) is 24.3 Å². The third-order valence-electron chi connectivity index (χ3n) is 5.05. The van der Waals surface area contributed by atoms with E-state index in [1.807, 2.05) is 31.2 Å². The Kier molecular flexibility index (Phi) is 5.78. The van der Waals surface area contributed by atoms with E-state index in [1.165, 1.54) is 5.56 Å². The second kappa shape index (κ2) is 8.24. The number of likely N-dealkylation sites (N-methyl/N-ethyl adjacent to an activating group) is 1. The molecular formula is C20H26N4O3. The van der Waals surface area contributed by atoms with Gasteiger partial charge in [-0.05, 0) is 19.8 Å². The van der Waals surface area contributed by atoms with E-state index in [9.17, 15) is 9.59 Å². The summed E-state index contributed by atoms with van der Waals surface area (Å²) in [4.78, 5) is 24.7. The molecule has 7 nitrogen and oxygen atoms in total. The van der Waals surface area contributed by atoms with Gasteiger partial charge in [-0.1, -0.05) is 54.2 Å². The molecule has 7 heteroatoms. The van der Waals surface area contributed by atoms with Gasteiger partial charge in [0.1, 0.15) is 11.2 Å². The maximum Gasteiger partial charge on any atom is 0.315 e. The Hall–Kier alpha value is -2.83. The number of rotatable bonds is 5. The zero-order chi connectivity index (χ0) is 19.3. The van der Waals surface area contributed by atoms with Crippen molar-refractivity contribution in [3.63, 3.8) is 0 Å². The van der Waals surface area contributed by atoms with Crippen molar-refractivity contribution in [2.24, 2.45) is 0 Å². The molecule has 1 saturated carbocycles. The number of aryl methyl sites for hydroxylation is 1. The minimum atomic E-state index is -0.825. The van der Waals surface area contributed by atoms with Gasteiger partial charge in [0.25, 0.3) is 0 Å². The first-order valence-corrected chi connectivity index (χ1v) is 9.33. The van der Waals surface area contributed by atoms with Crippen molar-refractivity contribution in [1.29, 1.82) is 0 Å². The molecule has 1 aliphatic rings. The quantitative estimate of drug-likeness (QED) is 0.754. The average Bonchev–Trinajstić information content (AvgIpc) is 3.16. The minimum absolute atomic E-state index is 0.138. The van der Waals surface area contributed by atoms with E-state index in [1.54, 1.807) is 13.1 Å². The van der Waals surface area contributed by atoms with Gasteiger partial charge in [-0.15, -0.1) is 0 Å². The number of carbonyl (C=O) groups excluding carboxylic acids is 2. The maximum atomic E-state index is 12.4. The van der Waals surface area contributed by atoms with Crippen LogP contribution in [0.15, 0.2) is 34.9 Å². The number of carbonyl (C=O) groups is 2. The number of urea groups is 1. The fourth-order valence-electron chi connectivity index (χ4n) is 3.48. The molecule has 3 N–H and O–H groups in total. The van der Waals surface area contributed by atoms with Gasteiger partial charge in [0.2, 0.25) is 5.91 Å². The Balaban J connectivity index is 1.59. The summed E-state index contributed by atoms with van der Waals surface area (Å²) in [6.45, 7) is 2.25. The van der Waals surface area contributed by atoms with Crippen LogP contribution in [0.2, 0.25) is 0 Å². The van der Waals surface area contributed by atoms with Crippen molar-refractivity contribution in [3.05, 3.63) is 41.6 Å². The Bertz CT molecular complexity index is 792. The summed E-state index contributed by atoms with van der Waals surface area (Å²) in [7, 11) is 1.60. The van der Waals surface area contributed by atoms with Crippen molar-refractivity contribution < 1.29 is 14.1 Å². The fourth-order valence-corrected chi connectivity index (χ4v) is 3.48. The molecule has 3 rings (SSSR count). The second-order valence-electron chi connectivity index (χ2n) is 7.08. The van der Waals surface area contributed by atoms with Gasteiger partial charge < -0.3 is 20.5 Å². The van der Waals surface area contributed by atoms with E-state index < -0.39 is 5.54 Å². The predicted octanol–water partition coefficient (Wildman–Crippen LogP) is 2.90. The van der Waals surface area contributed by atoms with Crippen LogP contribution in [-0.4, -0.2) is 29.7 Å². The van der Waals surface area contributed by atoms with Crippen molar-refractivity contribution in [1.82, 2.24) is 21.1 Å². The van der Waals surface area contributed by atoms with Crippen LogP contribution in [0.4, 0.5) is 4.79 Å². The summed E-state index contributed by atoms with van der Waals surface area (Å²) >= 11 is 0. The first-order chi connectivity index (χ1) is 13.0. The van der Waals surface area contributed by atoms with Crippen LogP contribution in [0.1, 0.15) is 43.4 Å². The maximum absolute atomic E-state index is 12.4. The second-order valence-corrected chi connectivity index (χ2v) is 7.08. The normalized spacial score (nSPS) is 15.8. The number of hydrogen-bond acceptors (Lipinski definition) is 4. The molecule has 3 amide bonds. The third kappa shape index (κ3) is 4.48. The van der Waals surface area contributed by atoms with E-state index >= 15 is 0 Å². The molecule has 0 aliphatic heterocycles. The molecular weight excluding hydrogens is 344 g/mol. The van der Waals surface area contributed by atoms with Gasteiger partial charge in [-0.25, -0.2) is 4.79 Å². The highest BCUT2D eigenvalue weighted by molar-refractivity contribution is 5.91. The third-order valence-corrected chi connectivity index (χ3v) is 5.05. The molecule has 0 bridgehead atoms. The largest absolute Gasteiger partial charge is 0.357 e. The molecule has 0 radical (unpaired) electrons. The Morgan fingerprint density at radius 3 is 2.52 bits per heavy atom. The monoisotopic (exact) mass is 370 g/mol. The summed E-state index contributed by atoms with van der Waals surface area (Å²) in [6.07, 6.45) is 4.25. The molecule has 1 aromatic carbocycles. The highest BCUT2D eigenvalue weighted by Crippen LogP contribution is 2.28. The van der Waals surface area contributed by atoms with Gasteiger partial charge in [-0.2, -0.15) is 0 Å². The Morgan fingerprint density at radius 1 is 1.15 bits per heavy atom. The predicted molar refractivity (Wildman–Crippen MR) is 102 cm³/mol. The number of benzene rings is 1. The molecule has 1 aliphatic carbocycles. The smallest absolute Gasteiger partial charge is 0.315 e. The molecule has 0 atom stereocenters. The molecule has 2 aromatic rings. The van der Waals surface area contributed by atoms with Crippen LogP contribution < -0.4 is 16.0 Å². The summed E-state index contributed by atoms with van der Waals surface area (Å²) < 4.78 is 5.36. The number of amides is 3. The van der Waals surface area contributed by atoms with Gasteiger partial charge in [0.05, 0.1) is 6.54 Å². The number of nitrogens with one attached hydrogen (secondary N) is 3. The molecule has 1 heterocycles. The molecule has 144 valence electrons. The fraction of sp³-hybridized carbons (Fsp3) is 0.450. The average molecular weight is 370 g/mol. The van der Waals surface area contributed by atoms with Crippen LogP contribution in [-0.2, 0) is 11.3 Å². The Labute approximate surface area is 158 Å². The topological polar surface area (TPSA) is 96.3 Å². The lowest BCUT2D eigenvalue weighted by molar-refractivity contribution is -0.128. The first kappa shape index (κ1) is 18.9. The standard InChI is InChI=1S/C20H26N4O3/c1-14-6-8-15(9-7-14)17-12-16(24-27-17)13-22-19(26)23-20(18(25)21-2)10-4-3-5-11-20/h6-9,12H,3-5,10-11,13H2,1-2H3,(H,21,25)(H2,22,23,26).